The molecule has 0 aromatic carbocycles. The number of aliphatic hydroxyl groups excluding tert-OH is 1. The van der Waals surface area contributed by atoms with Crippen LogP contribution in [-0.2, 0) is 0 Å². The van der Waals surface area contributed by atoms with E-state index in [9.17, 15) is 0 Å². The molecule has 0 radical (unpaired) electrons. The zero-order valence-corrected chi connectivity index (χ0v) is 11.5. The van der Waals surface area contributed by atoms with Crippen molar-refractivity contribution < 1.29 is 9.84 Å². The molecule has 102 valence electrons. The minimum absolute atomic E-state index is 0.0105. The van der Waals surface area contributed by atoms with Crippen molar-refractivity contribution in [3.05, 3.63) is 12.1 Å². The molecule has 0 aliphatic carbocycles. The van der Waals surface area contributed by atoms with Crippen LogP contribution in [0.5, 0.6) is 5.88 Å². The molecule has 0 saturated carbocycles. The van der Waals surface area contributed by atoms with Crippen LogP contribution in [0.2, 0.25) is 0 Å². The lowest BCUT2D eigenvalue weighted by Crippen LogP contribution is -2.26. The van der Waals surface area contributed by atoms with Gasteiger partial charge >= 0.3 is 0 Å². The molecule has 1 aromatic rings. The topological polar surface area (TPSA) is 80.4 Å². The number of nitrogens with one attached hydrogen (secondary N) is 1. The summed E-state index contributed by atoms with van der Waals surface area (Å²) in [7, 11) is 0. The Kier molecular flexibility index (Phi) is 4.78. The largest absolute Gasteiger partial charge is 0.470 e. The van der Waals surface area contributed by atoms with Gasteiger partial charge < -0.3 is 20.9 Å². The van der Waals surface area contributed by atoms with Gasteiger partial charge in [0.1, 0.15) is 11.4 Å². The van der Waals surface area contributed by atoms with Crippen LogP contribution in [0.3, 0.4) is 0 Å². The summed E-state index contributed by atoms with van der Waals surface area (Å²) in [6.45, 7) is 7.89. The Balaban J connectivity index is 2.86. The third kappa shape index (κ3) is 4.41. The van der Waals surface area contributed by atoms with E-state index in [1.165, 1.54) is 0 Å². The summed E-state index contributed by atoms with van der Waals surface area (Å²) < 4.78 is 5.68. The van der Waals surface area contributed by atoms with Gasteiger partial charge in [-0.1, -0.05) is 6.92 Å². The van der Waals surface area contributed by atoms with Crippen LogP contribution in [0.4, 0.5) is 11.5 Å². The first-order valence-corrected chi connectivity index (χ1v) is 6.18. The lowest BCUT2D eigenvalue weighted by molar-refractivity contribution is 0.125. The van der Waals surface area contributed by atoms with Gasteiger partial charge in [0.25, 0.3) is 0 Å². The molecule has 18 heavy (non-hydrogen) atoms. The Bertz CT molecular complexity index is 384. The number of nitrogens with two attached hydrogens (primary N) is 1. The molecular formula is C13H23N3O2. The molecule has 4 N–H and O–H groups in total. The minimum atomic E-state index is -0.346. The SMILES string of the molecule is CCC(CO)Nc1ccc(N)c(OC(C)(C)C)n1. The van der Waals surface area contributed by atoms with Gasteiger partial charge in [-0.25, -0.2) is 0 Å². The molecule has 1 heterocycles. The van der Waals surface area contributed by atoms with Gasteiger partial charge in [-0.15, -0.1) is 0 Å². The molecule has 0 aliphatic heterocycles. The van der Waals surface area contributed by atoms with E-state index in [4.69, 9.17) is 15.6 Å². The number of anilines is 2. The van der Waals surface area contributed by atoms with Crippen LogP contribution in [-0.4, -0.2) is 28.3 Å². The van der Waals surface area contributed by atoms with Gasteiger partial charge in [0.2, 0.25) is 5.88 Å². The molecule has 0 aliphatic rings. The van der Waals surface area contributed by atoms with Gasteiger partial charge in [0.15, 0.2) is 0 Å². The van der Waals surface area contributed by atoms with Crippen molar-refractivity contribution >= 4 is 11.5 Å². The highest BCUT2D eigenvalue weighted by atomic mass is 16.5. The summed E-state index contributed by atoms with van der Waals surface area (Å²) in [5.74, 6) is 1.07. The van der Waals surface area contributed by atoms with E-state index in [0.717, 1.165) is 6.42 Å². The zero-order chi connectivity index (χ0) is 13.8. The lowest BCUT2D eigenvalue weighted by Gasteiger charge is -2.22. The Morgan fingerprint density at radius 3 is 2.61 bits per heavy atom. The summed E-state index contributed by atoms with van der Waals surface area (Å²) in [6.07, 6.45) is 0.817. The van der Waals surface area contributed by atoms with Gasteiger partial charge in [-0.3, -0.25) is 0 Å². The summed E-state index contributed by atoms with van der Waals surface area (Å²) in [5, 5.41) is 12.3. The predicted octanol–water partition coefficient (Wildman–Crippen LogP) is 2.02. The monoisotopic (exact) mass is 253 g/mol. The quantitative estimate of drug-likeness (QED) is 0.748. The smallest absolute Gasteiger partial charge is 0.239 e. The third-order valence-electron chi connectivity index (χ3n) is 2.36. The Hall–Kier alpha value is -1.49. The van der Waals surface area contributed by atoms with Crippen LogP contribution in [0.25, 0.3) is 0 Å². The molecule has 0 bridgehead atoms. The number of aromatic nitrogens is 1. The van der Waals surface area contributed by atoms with Crippen LogP contribution in [0.1, 0.15) is 34.1 Å². The summed E-state index contributed by atoms with van der Waals surface area (Å²) in [5.41, 5.74) is 5.99. The van der Waals surface area contributed by atoms with Gasteiger partial charge in [-0.2, -0.15) is 4.98 Å². The highest BCUT2D eigenvalue weighted by Gasteiger charge is 2.16. The fourth-order valence-electron chi connectivity index (χ4n) is 1.39. The maximum Gasteiger partial charge on any atom is 0.239 e. The number of pyridine rings is 1. The number of nitrogens with zero attached hydrogens (tertiary/aromatic N) is 1. The van der Waals surface area contributed by atoms with E-state index in [2.05, 4.69) is 10.3 Å². The van der Waals surface area contributed by atoms with Crippen molar-refractivity contribution in [2.24, 2.45) is 0 Å². The van der Waals surface area contributed by atoms with Crippen LogP contribution >= 0.6 is 0 Å². The standard InChI is InChI=1S/C13H23N3O2/c1-5-9(8-17)15-11-7-6-10(14)12(16-11)18-13(2,3)4/h6-7,9,17H,5,8,14H2,1-4H3,(H,15,16). The van der Waals surface area contributed by atoms with E-state index in [1.807, 2.05) is 27.7 Å². The van der Waals surface area contributed by atoms with Crippen molar-refractivity contribution in [1.29, 1.82) is 0 Å². The first-order chi connectivity index (χ1) is 8.35. The summed E-state index contributed by atoms with van der Waals surface area (Å²) >= 11 is 0. The zero-order valence-electron chi connectivity index (χ0n) is 11.5. The predicted molar refractivity (Wildman–Crippen MR) is 73.8 cm³/mol. The Morgan fingerprint density at radius 1 is 1.44 bits per heavy atom. The first kappa shape index (κ1) is 14.6. The van der Waals surface area contributed by atoms with Gasteiger partial charge in [0, 0.05) is 0 Å². The van der Waals surface area contributed by atoms with E-state index in [1.54, 1.807) is 12.1 Å². The Morgan fingerprint density at radius 2 is 2.11 bits per heavy atom. The average Bonchev–Trinajstić information content (AvgIpc) is 2.28. The second-order valence-electron chi connectivity index (χ2n) is 5.24. The maximum atomic E-state index is 9.15. The second-order valence-corrected chi connectivity index (χ2v) is 5.24. The molecule has 1 unspecified atom stereocenters. The van der Waals surface area contributed by atoms with E-state index < -0.39 is 0 Å². The summed E-state index contributed by atoms with van der Waals surface area (Å²) in [6, 6.07) is 3.52. The molecule has 5 heteroatoms. The molecule has 0 fully saturated rings. The van der Waals surface area contributed by atoms with E-state index in [-0.39, 0.29) is 18.2 Å². The highest BCUT2D eigenvalue weighted by molar-refractivity contribution is 5.54. The van der Waals surface area contributed by atoms with E-state index >= 15 is 0 Å². The fourth-order valence-corrected chi connectivity index (χ4v) is 1.39. The van der Waals surface area contributed by atoms with Crippen molar-refractivity contribution in [2.45, 2.75) is 45.8 Å². The maximum absolute atomic E-state index is 9.15. The van der Waals surface area contributed by atoms with E-state index in [0.29, 0.717) is 17.4 Å². The number of nitrogen functional groups attached to an aromatic ring is 1. The van der Waals surface area contributed by atoms with Crippen molar-refractivity contribution in [3.63, 3.8) is 0 Å². The molecule has 0 amide bonds. The van der Waals surface area contributed by atoms with Crippen LogP contribution in [0, 0.1) is 0 Å². The van der Waals surface area contributed by atoms with Gasteiger partial charge in [0.05, 0.1) is 18.3 Å². The van der Waals surface area contributed by atoms with Crippen LogP contribution < -0.4 is 15.8 Å². The molecule has 1 atom stereocenters. The normalized spacial score (nSPS) is 13.2. The minimum Gasteiger partial charge on any atom is -0.470 e. The molecule has 5 nitrogen and oxygen atoms in total. The number of hydrogen-bond acceptors (Lipinski definition) is 5. The number of rotatable bonds is 5. The first-order valence-electron chi connectivity index (χ1n) is 6.18. The molecular weight excluding hydrogens is 230 g/mol. The highest BCUT2D eigenvalue weighted by Crippen LogP contribution is 2.25. The average molecular weight is 253 g/mol. The van der Waals surface area contributed by atoms with Crippen molar-refractivity contribution in [3.8, 4) is 5.88 Å². The van der Waals surface area contributed by atoms with Crippen molar-refractivity contribution in [2.75, 3.05) is 17.7 Å². The summed E-state index contributed by atoms with van der Waals surface area (Å²) in [4.78, 5) is 4.32. The second kappa shape index (κ2) is 5.91. The number of ether oxygens (including phenoxy) is 1. The molecule has 0 spiro atoms. The van der Waals surface area contributed by atoms with Gasteiger partial charge in [-0.05, 0) is 39.3 Å². The lowest BCUT2D eigenvalue weighted by atomic mass is 10.2. The van der Waals surface area contributed by atoms with Crippen LogP contribution in [0.15, 0.2) is 12.1 Å². The fraction of sp³-hybridized carbons (Fsp3) is 0.615. The molecule has 1 rings (SSSR count). The Labute approximate surface area is 108 Å². The molecule has 1 aromatic heterocycles. The molecule has 0 saturated heterocycles. The third-order valence-corrected chi connectivity index (χ3v) is 2.36. The number of hydrogen-bond donors (Lipinski definition) is 3. The number of aliphatic hydroxyl groups is 1. The van der Waals surface area contributed by atoms with Crippen molar-refractivity contribution in [1.82, 2.24) is 4.98 Å².